The van der Waals surface area contributed by atoms with Crippen molar-refractivity contribution in [1.29, 1.82) is 10.5 Å². The van der Waals surface area contributed by atoms with Crippen LogP contribution in [0, 0.1) is 22.7 Å². The van der Waals surface area contributed by atoms with E-state index in [0.29, 0.717) is 25.1 Å². The smallest absolute Gasteiger partial charge is 0.240 e. The molecule has 0 radical (unpaired) electrons. The van der Waals surface area contributed by atoms with Crippen molar-refractivity contribution in [3.8, 4) is 12.1 Å². The molecule has 1 unspecified atom stereocenters. The van der Waals surface area contributed by atoms with E-state index in [1.165, 1.54) is 0 Å². The van der Waals surface area contributed by atoms with Gasteiger partial charge in [-0.3, -0.25) is 4.79 Å². The van der Waals surface area contributed by atoms with E-state index >= 15 is 0 Å². The van der Waals surface area contributed by atoms with Crippen molar-refractivity contribution in [2.24, 2.45) is 0 Å². The lowest BCUT2D eigenvalue weighted by Crippen LogP contribution is -2.45. The first-order valence-corrected chi connectivity index (χ1v) is 7.91. The molecule has 0 bridgehead atoms. The average Bonchev–Trinajstić information content (AvgIpc) is 3.24. The zero-order valence-electron chi connectivity index (χ0n) is 12.8. The minimum Gasteiger partial charge on any atom is -0.381 e. The molecule has 23 heavy (non-hydrogen) atoms. The normalized spacial score (nSPS) is 26.5. The fraction of sp³-hybridized carbons (Fsp3) is 0.471. The van der Waals surface area contributed by atoms with Crippen molar-refractivity contribution >= 4 is 11.6 Å². The molecule has 1 aromatic rings. The van der Waals surface area contributed by atoms with Gasteiger partial charge in [-0.15, -0.1) is 0 Å². The molecule has 1 amide bonds. The van der Waals surface area contributed by atoms with Crippen LogP contribution in [0.25, 0.3) is 0 Å². The SMILES string of the molecule is N#Cc1ccc(N[C@@H]2CN[C@H](C(=O)N3CCCC3C#N)C2)cc1. The predicted molar refractivity (Wildman–Crippen MR) is 85.3 cm³/mol. The Morgan fingerprint density at radius 1 is 1.30 bits per heavy atom. The Morgan fingerprint density at radius 3 is 2.78 bits per heavy atom. The number of amides is 1. The number of hydrogen-bond donors (Lipinski definition) is 2. The van der Waals surface area contributed by atoms with Crippen LogP contribution in [0.3, 0.4) is 0 Å². The van der Waals surface area contributed by atoms with Gasteiger partial charge in [0.2, 0.25) is 5.91 Å². The highest BCUT2D eigenvalue weighted by atomic mass is 16.2. The molecule has 2 heterocycles. The van der Waals surface area contributed by atoms with Gasteiger partial charge in [0.25, 0.3) is 0 Å². The largest absolute Gasteiger partial charge is 0.381 e. The van der Waals surface area contributed by atoms with E-state index in [-0.39, 0.29) is 24.0 Å². The van der Waals surface area contributed by atoms with E-state index in [9.17, 15) is 4.79 Å². The number of rotatable bonds is 3. The molecule has 3 atom stereocenters. The Bertz CT molecular complexity index is 657. The molecule has 0 aliphatic carbocycles. The maximum Gasteiger partial charge on any atom is 0.240 e. The minimum absolute atomic E-state index is 0.0400. The third kappa shape index (κ3) is 3.28. The van der Waals surface area contributed by atoms with Gasteiger partial charge in [0, 0.05) is 24.8 Å². The Morgan fingerprint density at radius 2 is 2.09 bits per heavy atom. The first-order chi connectivity index (χ1) is 11.2. The minimum atomic E-state index is -0.269. The fourth-order valence-electron chi connectivity index (χ4n) is 3.28. The Kier molecular flexibility index (Phi) is 4.45. The highest BCUT2D eigenvalue weighted by molar-refractivity contribution is 5.83. The zero-order valence-corrected chi connectivity index (χ0v) is 12.8. The van der Waals surface area contributed by atoms with Gasteiger partial charge in [-0.25, -0.2) is 0 Å². The van der Waals surface area contributed by atoms with Crippen LogP contribution in [0.2, 0.25) is 0 Å². The topological polar surface area (TPSA) is 91.9 Å². The number of nitrogens with zero attached hydrogens (tertiary/aromatic N) is 3. The number of nitrogens with one attached hydrogen (secondary N) is 2. The number of carbonyl (C=O) groups excluding carboxylic acids is 1. The number of benzene rings is 1. The monoisotopic (exact) mass is 309 g/mol. The van der Waals surface area contributed by atoms with Gasteiger partial charge in [-0.2, -0.15) is 10.5 Å². The lowest BCUT2D eigenvalue weighted by Gasteiger charge is -2.23. The van der Waals surface area contributed by atoms with E-state index in [0.717, 1.165) is 18.5 Å². The summed E-state index contributed by atoms with van der Waals surface area (Å²) in [5, 5.41) is 24.6. The van der Waals surface area contributed by atoms with Gasteiger partial charge in [0.15, 0.2) is 0 Å². The quantitative estimate of drug-likeness (QED) is 0.876. The van der Waals surface area contributed by atoms with Crippen molar-refractivity contribution in [1.82, 2.24) is 10.2 Å². The molecule has 6 nitrogen and oxygen atoms in total. The van der Waals surface area contributed by atoms with E-state index in [1.807, 2.05) is 12.1 Å². The van der Waals surface area contributed by atoms with Gasteiger partial charge in [0.05, 0.1) is 23.7 Å². The van der Waals surface area contributed by atoms with E-state index in [4.69, 9.17) is 10.5 Å². The molecule has 0 saturated carbocycles. The van der Waals surface area contributed by atoms with Gasteiger partial charge >= 0.3 is 0 Å². The van der Waals surface area contributed by atoms with Crippen LogP contribution in [0.4, 0.5) is 5.69 Å². The highest BCUT2D eigenvalue weighted by Crippen LogP contribution is 2.21. The second kappa shape index (κ2) is 6.68. The van der Waals surface area contributed by atoms with Gasteiger partial charge in [0.1, 0.15) is 6.04 Å². The Labute approximate surface area is 135 Å². The molecule has 2 aliphatic rings. The first kappa shape index (κ1) is 15.3. The second-order valence-corrected chi connectivity index (χ2v) is 6.05. The molecule has 0 aromatic heterocycles. The summed E-state index contributed by atoms with van der Waals surface area (Å²) in [6, 6.07) is 11.3. The van der Waals surface area contributed by atoms with Crippen LogP contribution < -0.4 is 10.6 Å². The van der Waals surface area contributed by atoms with E-state index in [2.05, 4.69) is 22.8 Å². The van der Waals surface area contributed by atoms with Crippen molar-refractivity contribution in [2.75, 3.05) is 18.4 Å². The van der Waals surface area contributed by atoms with Crippen molar-refractivity contribution < 1.29 is 4.79 Å². The molecule has 2 saturated heterocycles. The molecule has 3 rings (SSSR count). The number of nitriles is 2. The average molecular weight is 309 g/mol. The third-order valence-corrected chi connectivity index (χ3v) is 4.50. The second-order valence-electron chi connectivity index (χ2n) is 6.05. The standard InChI is InChI=1S/C17H19N5O/c18-9-12-3-5-13(6-4-12)21-14-8-16(20-11-14)17(23)22-7-1-2-15(22)10-19/h3-6,14-16,20-21H,1-2,7-8,11H2/t14-,15?,16-/m0/s1. The third-order valence-electron chi connectivity index (χ3n) is 4.50. The zero-order chi connectivity index (χ0) is 16.2. The summed E-state index contributed by atoms with van der Waals surface area (Å²) in [6.45, 7) is 1.39. The molecule has 1 aromatic carbocycles. The Balaban J connectivity index is 1.57. The van der Waals surface area contributed by atoms with Gasteiger partial charge < -0.3 is 15.5 Å². The molecule has 2 N–H and O–H groups in total. The lowest BCUT2D eigenvalue weighted by molar-refractivity contribution is -0.133. The maximum absolute atomic E-state index is 12.5. The number of hydrogen-bond acceptors (Lipinski definition) is 5. The Hall–Kier alpha value is -2.57. The van der Waals surface area contributed by atoms with E-state index < -0.39 is 0 Å². The van der Waals surface area contributed by atoms with Crippen molar-refractivity contribution in [3.05, 3.63) is 29.8 Å². The summed E-state index contributed by atoms with van der Waals surface area (Å²) >= 11 is 0. The summed E-state index contributed by atoms with van der Waals surface area (Å²) in [6.07, 6.45) is 2.39. The summed E-state index contributed by atoms with van der Waals surface area (Å²) in [4.78, 5) is 14.3. The van der Waals surface area contributed by atoms with E-state index in [1.54, 1.807) is 17.0 Å². The van der Waals surface area contributed by atoms with Crippen molar-refractivity contribution in [3.63, 3.8) is 0 Å². The molecule has 2 fully saturated rings. The number of likely N-dealkylation sites (tertiary alicyclic amines) is 1. The van der Waals surface area contributed by atoms with Crippen LogP contribution in [-0.2, 0) is 4.79 Å². The van der Waals surface area contributed by atoms with Crippen LogP contribution in [0.1, 0.15) is 24.8 Å². The molecule has 6 heteroatoms. The summed E-state index contributed by atoms with van der Waals surface area (Å²) in [5.41, 5.74) is 1.57. The summed E-state index contributed by atoms with van der Waals surface area (Å²) < 4.78 is 0. The number of anilines is 1. The molecule has 0 spiro atoms. The summed E-state index contributed by atoms with van der Waals surface area (Å²) in [7, 11) is 0. The van der Waals surface area contributed by atoms with Gasteiger partial charge in [-0.1, -0.05) is 0 Å². The summed E-state index contributed by atoms with van der Waals surface area (Å²) in [5.74, 6) is 0.0400. The highest BCUT2D eigenvalue weighted by Gasteiger charge is 2.36. The predicted octanol–water partition coefficient (Wildman–Crippen LogP) is 1.22. The molecule has 2 aliphatic heterocycles. The molecule has 118 valence electrons. The van der Waals surface area contributed by atoms with Crippen molar-refractivity contribution in [2.45, 2.75) is 37.4 Å². The van der Waals surface area contributed by atoms with Gasteiger partial charge in [-0.05, 0) is 43.5 Å². The fourth-order valence-corrected chi connectivity index (χ4v) is 3.28. The van der Waals surface area contributed by atoms with Crippen LogP contribution in [0.5, 0.6) is 0 Å². The van der Waals surface area contributed by atoms with Crippen LogP contribution in [0.15, 0.2) is 24.3 Å². The lowest BCUT2D eigenvalue weighted by atomic mass is 10.1. The number of carbonyl (C=O) groups is 1. The molecular formula is C17H19N5O. The maximum atomic E-state index is 12.5. The van der Waals surface area contributed by atoms with Crippen LogP contribution in [-0.4, -0.2) is 42.0 Å². The molecular weight excluding hydrogens is 290 g/mol. The van der Waals surface area contributed by atoms with Crippen LogP contribution >= 0.6 is 0 Å². The first-order valence-electron chi connectivity index (χ1n) is 7.91.